The SMILES string of the molecule is CC(=O)ON=C(C(=O)N[C@@H]1C(=O)N2C(C(=O)O)=C(CSc3ccn4cnnc4n3)CS[C@H]12)c1csc(N)n1. The number of carbonyl (C=O) groups is 4. The molecule has 1 saturated heterocycles. The fourth-order valence-corrected chi connectivity index (χ4v) is 6.54. The molecule has 2 aliphatic rings. The molecule has 15 nitrogen and oxygen atoms in total. The van der Waals surface area contributed by atoms with E-state index in [1.54, 1.807) is 16.7 Å². The smallest absolute Gasteiger partial charge is 0.352 e. The number of aromatic nitrogens is 5. The van der Waals surface area contributed by atoms with Crippen molar-refractivity contribution in [3.05, 3.63) is 40.9 Å². The van der Waals surface area contributed by atoms with Gasteiger partial charge in [0, 0.05) is 30.0 Å². The number of carboxylic acids is 1. The van der Waals surface area contributed by atoms with Gasteiger partial charge < -0.3 is 21.0 Å². The summed E-state index contributed by atoms with van der Waals surface area (Å²) in [5.41, 5.74) is 5.77. The van der Waals surface area contributed by atoms with Gasteiger partial charge in [-0.05, 0) is 11.6 Å². The summed E-state index contributed by atoms with van der Waals surface area (Å²) in [5.74, 6) is -2.42. The summed E-state index contributed by atoms with van der Waals surface area (Å²) in [6, 6.07) is 0.734. The molecule has 5 rings (SSSR count). The van der Waals surface area contributed by atoms with Gasteiger partial charge in [-0.2, -0.15) is 0 Å². The highest BCUT2D eigenvalue weighted by molar-refractivity contribution is 8.01. The molecule has 2 atom stereocenters. The van der Waals surface area contributed by atoms with Gasteiger partial charge in [-0.25, -0.2) is 19.6 Å². The molecule has 0 radical (unpaired) electrons. The molecule has 0 bridgehead atoms. The maximum absolute atomic E-state index is 13.0. The number of nitrogens with zero attached hydrogens (tertiary/aromatic N) is 7. The van der Waals surface area contributed by atoms with Gasteiger partial charge in [-0.1, -0.05) is 5.16 Å². The predicted octanol–water partition coefficient (Wildman–Crippen LogP) is -0.0389. The highest BCUT2D eigenvalue weighted by atomic mass is 32.2. The first-order chi connectivity index (χ1) is 18.2. The second kappa shape index (κ2) is 10.4. The molecule has 0 aliphatic carbocycles. The summed E-state index contributed by atoms with van der Waals surface area (Å²) in [4.78, 5) is 63.4. The summed E-state index contributed by atoms with van der Waals surface area (Å²) in [6.45, 7) is 1.11. The summed E-state index contributed by atoms with van der Waals surface area (Å²) in [6.07, 6.45) is 3.26. The van der Waals surface area contributed by atoms with Crippen LogP contribution in [-0.4, -0.2) is 87.0 Å². The van der Waals surface area contributed by atoms with Crippen molar-refractivity contribution in [3.8, 4) is 0 Å². The summed E-state index contributed by atoms with van der Waals surface area (Å²) < 4.78 is 1.64. The zero-order valence-corrected chi connectivity index (χ0v) is 21.7. The first-order valence-electron chi connectivity index (χ1n) is 10.7. The lowest BCUT2D eigenvalue weighted by atomic mass is 10.0. The van der Waals surface area contributed by atoms with Crippen LogP contribution in [0.1, 0.15) is 12.6 Å². The number of β-lactam (4-membered cyclic amide) rings is 1. The van der Waals surface area contributed by atoms with Crippen LogP contribution in [0, 0.1) is 0 Å². The van der Waals surface area contributed by atoms with E-state index in [1.165, 1.54) is 35.2 Å². The number of aliphatic carboxylic acids is 1. The molecule has 4 N–H and O–H groups in total. The van der Waals surface area contributed by atoms with Crippen LogP contribution in [0.5, 0.6) is 0 Å². The highest BCUT2D eigenvalue weighted by Crippen LogP contribution is 2.41. The minimum Gasteiger partial charge on any atom is -0.477 e. The topological polar surface area (TPSA) is 207 Å². The zero-order chi connectivity index (χ0) is 27.0. The van der Waals surface area contributed by atoms with Gasteiger partial charge in [0.15, 0.2) is 10.8 Å². The van der Waals surface area contributed by atoms with Gasteiger partial charge in [-0.15, -0.1) is 45.1 Å². The van der Waals surface area contributed by atoms with E-state index >= 15 is 0 Å². The highest BCUT2D eigenvalue weighted by Gasteiger charge is 2.54. The van der Waals surface area contributed by atoms with Crippen molar-refractivity contribution in [1.82, 2.24) is 34.8 Å². The Morgan fingerprint density at radius 3 is 2.89 bits per heavy atom. The van der Waals surface area contributed by atoms with Gasteiger partial charge in [0.05, 0.1) is 0 Å². The van der Waals surface area contributed by atoms with Crippen LogP contribution >= 0.6 is 34.9 Å². The van der Waals surface area contributed by atoms with Crippen molar-refractivity contribution in [2.75, 3.05) is 17.2 Å². The molecule has 0 saturated carbocycles. The Morgan fingerprint density at radius 2 is 2.18 bits per heavy atom. The first-order valence-corrected chi connectivity index (χ1v) is 13.6. The van der Waals surface area contributed by atoms with E-state index < -0.39 is 35.2 Å². The molecular formula is C20H17N9O6S3. The fourth-order valence-electron chi connectivity index (χ4n) is 3.66. The van der Waals surface area contributed by atoms with Gasteiger partial charge in [0.1, 0.15) is 34.2 Å². The molecule has 0 spiro atoms. The number of rotatable bonds is 8. The Morgan fingerprint density at radius 1 is 1.37 bits per heavy atom. The van der Waals surface area contributed by atoms with E-state index in [4.69, 9.17) is 5.73 Å². The average Bonchev–Trinajstić information content (AvgIpc) is 3.53. The predicted molar refractivity (Wildman–Crippen MR) is 136 cm³/mol. The van der Waals surface area contributed by atoms with Crippen LogP contribution in [0.15, 0.2) is 45.4 Å². The van der Waals surface area contributed by atoms with E-state index in [2.05, 4.69) is 35.5 Å². The molecule has 2 aliphatic heterocycles. The van der Waals surface area contributed by atoms with E-state index in [0.29, 0.717) is 22.1 Å². The van der Waals surface area contributed by atoms with Crippen molar-refractivity contribution in [3.63, 3.8) is 0 Å². The van der Waals surface area contributed by atoms with Crippen molar-refractivity contribution in [2.24, 2.45) is 5.16 Å². The number of thioether (sulfide) groups is 2. The summed E-state index contributed by atoms with van der Waals surface area (Å²) in [5, 5.41) is 25.3. The zero-order valence-electron chi connectivity index (χ0n) is 19.3. The maximum atomic E-state index is 13.0. The molecule has 5 heterocycles. The standard InChI is InChI=1S/C20H17N9O6S3/c1-8(30)35-27-12(10-6-38-19(21)23-10)15(31)25-13-16(32)29-14(18(33)34)9(5-37-17(13)29)4-36-11-2-3-28-7-22-26-20(28)24-11/h2-3,6-7,13,17H,4-5H2,1H3,(H2,21,23)(H,25,31)(H,33,34)/t13-,17-/m1/s1. The number of fused-ring (bicyclic) bond motifs is 2. The lowest BCUT2D eigenvalue weighted by molar-refractivity contribution is -0.150. The van der Waals surface area contributed by atoms with Crippen LogP contribution in [-0.2, 0) is 24.0 Å². The number of anilines is 1. The quantitative estimate of drug-likeness (QED) is 0.0805. The van der Waals surface area contributed by atoms with Crippen molar-refractivity contribution >= 4 is 75.2 Å². The molecule has 1 fully saturated rings. The van der Waals surface area contributed by atoms with Gasteiger partial charge in [-0.3, -0.25) is 18.9 Å². The van der Waals surface area contributed by atoms with Crippen LogP contribution in [0.25, 0.3) is 5.78 Å². The van der Waals surface area contributed by atoms with Gasteiger partial charge >= 0.3 is 11.9 Å². The number of amides is 2. The third-order valence-corrected chi connectivity index (χ3v) is 8.35. The van der Waals surface area contributed by atoms with Crippen molar-refractivity contribution < 1.29 is 29.1 Å². The average molecular weight is 576 g/mol. The molecule has 3 aromatic rings. The lowest BCUT2D eigenvalue weighted by Crippen LogP contribution is -2.71. The molecule has 38 heavy (non-hydrogen) atoms. The number of oxime groups is 1. The number of carboxylic acid groups (broad SMARTS) is 1. The molecule has 0 aromatic carbocycles. The second-order valence-electron chi connectivity index (χ2n) is 7.80. The van der Waals surface area contributed by atoms with Crippen LogP contribution < -0.4 is 11.1 Å². The fraction of sp³-hybridized carbons (Fsp3) is 0.250. The second-order valence-corrected chi connectivity index (χ2v) is 10.8. The Balaban J connectivity index is 1.31. The van der Waals surface area contributed by atoms with Gasteiger partial charge in [0.25, 0.3) is 17.6 Å². The molecular weight excluding hydrogens is 558 g/mol. The van der Waals surface area contributed by atoms with E-state index in [9.17, 15) is 24.3 Å². The third kappa shape index (κ3) is 4.92. The van der Waals surface area contributed by atoms with Crippen LogP contribution in [0.3, 0.4) is 0 Å². The Hall–Kier alpha value is -4.03. The van der Waals surface area contributed by atoms with E-state index in [1.807, 2.05) is 0 Å². The molecule has 196 valence electrons. The normalized spacial score (nSPS) is 19.2. The van der Waals surface area contributed by atoms with E-state index in [-0.39, 0.29) is 28.0 Å². The number of thiazole rings is 1. The number of hydrogen-bond donors (Lipinski definition) is 3. The number of hydrogen-bond acceptors (Lipinski definition) is 14. The number of nitrogen functional groups attached to an aromatic ring is 1. The van der Waals surface area contributed by atoms with Crippen LogP contribution in [0.2, 0.25) is 0 Å². The summed E-state index contributed by atoms with van der Waals surface area (Å²) in [7, 11) is 0. The monoisotopic (exact) mass is 575 g/mol. The largest absolute Gasteiger partial charge is 0.477 e. The van der Waals surface area contributed by atoms with Crippen LogP contribution in [0.4, 0.5) is 5.13 Å². The maximum Gasteiger partial charge on any atom is 0.352 e. The lowest BCUT2D eigenvalue weighted by Gasteiger charge is -2.49. The number of carbonyl (C=O) groups excluding carboxylic acids is 3. The Labute approximate surface area is 225 Å². The number of nitrogens with one attached hydrogen (secondary N) is 1. The first kappa shape index (κ1) is 25.6. The van der Waals surface area contributed by atoms with Crippen molar-refractivity contribution in [1.29, 1.82) is 0 Å². The molecule has 18 heteroatoms. The Kier molecular flexibility index (Phi) is 7.00. The minimum absolute atomic E-state index is 0.0644. The minimum atomic E-state index is -1.25. The van der Waals surface area contributed by atoms with Gasteiger partial charge in [0.2, 0.25) is 0 Å². The van der Waals surface area contributed by atoms with E-state index in [0.717, 1.165) is 23.2 Å². The third-order valence-electron chi connectivity index (χ3n) is 5.32. The molecule has 3 aromatic heterocycles. The number of nitrogens with two attached hydrogens (primary N) is 1. The summed E-state index contributed by atoms with van der Waals surface area (Å²) >= 11 is 3.67. The Bertz CT molecular complexity index is 1530. The van der Waals surface area contributed by atoms with Crippen molar-refractivity contribution in [2.45, 2.75) is 23.4 Å². The molecule has 2 amide bonds. The molecule has 0 unspecified atom stereocenters.